The molecule has 2 heterocycles. The standard InChI is InChI=1S/C22H35F3N2O4/c1-16(12-22(23,24)25)19(29)27-10-8-21(30,20(14-27)6-3-4-7-20)15-26-9-5-17(13-31-2)11-18(26)28/h16-17,30H,3-15H2,1-2H3/t16-,17?,21?/m1/s1. The van der Waals surface area contributed by atoms with E-state index in [1.54, 1.807) is 12.0 Å². The largest absolute Gasteiger partial charge is 0.389 e. The normalized spacial score (nSPS) is 30.1. The van der Waals surface area contributed by atoms with E-state index in [0.717, 1.165) is 32.1 Å². The van der Waals surface area contributed by atoms with E-state index in [4.69, 9.17) is 4.74 Å². The van der Waals surface area contributed by atoms with Crippen molar-refractivity contribution in [2.45, 2.75) is 70.1 Å². The molecule has 0 aromatic carbocycles. The van der Waals surface area contributed by atoms with Gasteiger partial charge in [0.1, 0.15) is 0 Å². The number of rotatable bonds is 6. The lowest BCUT2D eigenvalue weighted by Gasteiger charge is -2.54. The van der Waals surface area contributed by atoms with Crippen molar-refractivity contribution in [1.82, 2.24) is 9.80 Å². The molecule has 2 saturated heterocycles. The molecule has 0 radical (unpaired) electrons. The number of β-amino-alcohol motifs (C(OH)–C–C–N with tert-alkyl or cyclic N) is 1. The Morgan fingerprint density at radius 1 is 1.26 bits per heavy atom. The van der Waals surface area contributed by atoms with Crippen LogP contribution in [0.15, 0.2) is 0 Å². The first kappa shape index (κ1) is 24.3. The summed E-state index contributed by atoms with van der Waals surface area (Å²) >= 11 is 0. The average molecular weight is 449 g/mol. The molecular weight excluding hydrogens is 413 g/mol. The summed E-state index contributed by atoms with van der Waals surface area (Å²) in [6.45, 7) is 3.14. The van der Waals surface area contributed by atoms with Crippen molar-refractivity contribution in [1.29, 1.82) is 0 Å². The second-order valence-electron chi connectivity index (χ2n) is 9.88. The number of amides is 2. The van der Waals surface area contributed by atoms with Crippen molar-refractivity contribution in [3.63, 3.8) is 0 Å². The quantitative estimate of drug-likeness (QED) is 0.678. The lowest BCUT2D eigenvalue weighted by molar-refractivity contribution is -0.176. The number of piperidine rings is 2. The number of likely N-dealkylation sites (tertiary alicyclic amines) is 2. The fourth-order valence-electron chi connectivity index (χ4n) is 5.84. The molecular formula is C22H35F3N2O4. The van der Waals surface area contributed by atoms with Crippen LogP contribution in [0.5, 0.6) is 0 Å². The number of nitrogens with zero attached hydrogens (tertiary/aromatic N) is 2. The molecule has 1 aliphatic carbocycles. The Labute approximate surface area is 182 Å². The van der Waals surface area contributed by atoms with Gasteiger partial charge in [0.05, 0.1) is 18.6 Å². The van der Waals surface area contributed by atoms with E-state index >= 15 is 0 Å². The van der Waals surface area contributed by atoms with Crippen LogP contribution in [0.25, 0.3) is 0 Å². The van der Waals surface area contributed by atoms with Crippen molar-refractivity contribution in [2.75, 3.05) is 39.9 Å². The van der Waals surface area contributed by atoms with Gasteiger partial charge in [0.2, 0.25) is 11.8 Å². The van der Waals surface area contributed by atoms with Gasteiger partial charge in [0.15, 0.2) is 0 Å². The molecule has 0 aromatic heterocycles. The third kappa shape index (κ3) is 5.35. The predicted octanol–water partition coefficient (Wildman–Crippen LogP) is 2.98. The van der Waals surface area contributed by atoms with Crippen molar-refractivity contribution >= 4 is 11.8 Å². The zero-order chi connectivity index (χ0) is 22.9. The zero-order valence-corrected chi connectivity index (χ0v) is 18.5. The smallest absolute Gasteiger partial charge is 0.387 e. The third-order valence-electron chi connectivity index (χ3n) is 7.59. The highest BCUT2D eigenvalue weighted by Gasteiger charge is 2.56. The van der Waals surface area contributed by atoms with Crippen LogP contribution >= 0.6 is 0 Å². The van der Waals surface area contributed by atoms with Gasteiger partial charge in [-0.15, -0.1) is 0 Å². The molecule has 6 nitrogen and oxygen atoms in total. The highest BCUT2D eigenvalue weighted by atomic mass is 19.4. The van der Waals surface area contributed by atoms with E-state index in [2.05, 4.69) is 0 Å². The number of methoxy groups -OCH3 is 1. The van der Waals surface area contributed by atoms with Gasteiger partial charge in [-0.1, -0.05) is 19.8 Å². The van der Waals surface area contributed by atoms with E-state index in [-0.39, 0.29) is 37.9 Å². The molecule has 2 amide bonds. The van der Waals surface area contributed by atoms with Crippen LogP contribution in [0.2, 0.25) is 0 Å². The number of carbonyl (C=O) groups excluding carboxylic acids is 2. The molecule has 1 spiro atoms. The summed E-state index contributed by atoms with van der Waals surface area (Å²) in [4.78, 5) is 28.7. The maximum Gasteiger partial charge on any atom is 0.389 e. The minimum Gasteiger partial charge on any atom is -0.387 e. The van der Waals surface area contributed by atoms with Crippen LogP contribution < -0.4 is 0 Å². The summed E-state index contributed by atoms with van der Waals surface area (Å²) in [5.74, 6) is -1.43. The lowest BCUT2D eigenvalue weighted by Crippen LogP contribution is -2.65. The molecule has 9 heteroatoms. The van der Waals surface area contributed by atoms with Crippen LogP contribution in [-0.2, 0) is 14.3 Å². The van der Waals surface area contributed by atoms with E-state index in [0.29, 0.717) is 19.6 Å². The summed E-state index contributed by atoms with van der Waals surface area (Å²) in [5, 5.41) is 11.7. The topological polar surface area (TPSA) is 70.1 Å². The summed E-state index contributed by atoms with van der Waals surface area (Å²) in [7, 11) is 1.62. The van der Waals surface area contributed by atoms with Crippen LogP contribution in [-0.4, -0.2) is 78.4 Å². The highest BCUT2D eigenvalue weighted by Crippen LogP contribution is 2.51. The Bertz CT molecular complexity index is 666. The minimum atomic E-state index is -4.38. The van der Waals surface area contributed by atoms with Crippen molar-refractivity contribution < 1.29 is 32.6 Å². The number of hydrogen-bond donors (Lipinski definition) is 1. The first-order valence-electron chi connectivity index (χ1n) is 11.3. The summed E-state index contributed by atoms with van der Waals surface area (Å²) in [6, 6.07) is 0. The Hall–Kier alpha value is -1.35. The second kappa shape index (κ2) is 9.25. The molecule has 0 aromatic rings. The van der Waals surface area contributed by atoms with E-state index < -0.39 is 35.4 Å². The van der Waals surface area contributed by atoms with Crippen molar-refractivity contribution in [3.05, 3.63) is 0 Å². The first-order valence-corrected chi connectivity index (χ1v) is 11.3. The van der Waals surface area contributed by atoms with Crippen LogP contribution in [0.4, 0.5) is 13.2 Å². The SMILES string of the molecule is COCC1CCN(CC2(O)CCN(C(=O)[C@H](C)CC(F)(F)F)CC23CCCC3)C(=O)C1. The highest BCUT2D eigenvalue weighted by molar-refractivity contribution is 5.79. The van der Waals surface area contributed by atoms with Gasteiger partial charge in [-0.25, -0.2) is 0 Å². The Morgan fingerprint density at radius 3 is 2.52 bits per heavy atom. The lowest BCUT2D eigenvalue weighted by atomic mass is 9.65. The number of hydrogen-bond acceptors (Lipinski definition) is 4. The van der Waals surface area contributed by atoms with Crippen LogP contribution in [0, 0.1) is 17.3 Å². The van der Waals surface area contributed by atoms with Crippen molar-refractivity contribution in [2.24, 2.45) is 17.3 Å². The van der Waals surface area contributed by atoms with E-state index in [1.165, 1.54) is 11.8 Å². The van der Waals surface area contributed by atoms with Crippen LogP contribution in [0.3, 0.4) is 0 Å². The molecule has 2 aliphatic heterocycles. The molecule has 3 rings (SSSR count). The van der Waals surface area contributed by atoms with Gasteiger partial charge >= 0.3 is 6.18 Å². The molecule has 1 saturated carbocycles. The number of carbonyl (C=O) groups is 2. The Morgan fingerprint density at radius 2 is 1.94 bits per heavy atom. The zero-order valence-electron chi connectivity index (χ0n) is 18.5. The van der Waals surface area contributed by atoms with Crippen LogP contribution in [0.1, 0.15) is 58.3 Å². The number of aliphatic hydroxyl groups is 1. The molecule has 178 valence electrons. The summed E-state index contributed by atoms with van der Waals surface area (Å²) in [5.41, 5.74) is -1.69. The van der Waals surface area contributed by atoms with Gasteiger partial charge in [0.25, 0.3) is 0 Å². The summed E-state index contributed by atoms with van der Waals surface area (Å²) in [6.07, 6.45) is -0.763. The number of halogens is 3. The van der Waals surface area contributed by atoms with E-state index in [9.17, 15) is 27.9 Å². The summed E-state index contributed by atoms with van der Waals surface area (Å²) < 4.78 is 43.5. The Kier molecular flexibility index (Phi) is 7.25. The van der Waals surface area contributed by atoms with Gasteiger partial charge < -0.3 is 19.6 Å². The van der Waals surface area contributed by atoms with Crippen molar-refractivity contribution in [3.8, 4) is 0 Å². The molecule has 3 aliphatic rings. The Balaban J connectivity index is 1.70. The number of alkyl halides is 3. The molecule has 3 fully saturated rings. The van der Waals surface area contributed by atoms with Gasteiger partial charge in [-0.2, -0.15) is 13.2 Å². The predicted molar refractivity (Wildman–Crippen MR) is 108 cm³/mol. The fourth-order valence-corrected chi connectivity index (χ4v) is 5.84. The maximum absolute atomic E-state index is 12.8. The van der Waals surface area contributed by atoms with Gasteiger partial charge in [0, 0.05) is 51.1 Å². The molecule has 1 N–H and O–H groups in total. The fraction of sp³-hybridized carbons (Fsp3) is 0.909. The maximum atomic E-state index is 12.8. The van der Waals surface area contributed by atoms with Gasteiger partial charge in [-0.05, 0) is 31.6 Å². The van der Waals surface area contributed by atoms with E-state index in [1.807, 2.05) is 0 Å². The van der Waals surface area contributed by atoms with Gasteiger partial charge in [-0.3, -0.25) is 9.59 Å². The number of ether oxygens (including phenoxy) is 1. The molecule has 0 bridgehead atoms. The molecule has 31 heavy (non-hydrogen) atoms. The molecule has 2 unspecified atom stereocenters. The second-order valence-corrected chi connectivity index (χ2v) is 9.88. The average Bonchev–Trinajstić information content (AvgIpc) is 3.15. The molecule has 3 atom stereocenters. The minimum absolute atomic E-state index is 0.00665. The third-order valence-corrected chi connectivity index (χ3v) is 7.59. The monoisotopic (exact) mass is 448 g/mol. The first-order chi connectivity index (χ1) is 14.5.